The number of para-hydroxylation sites is 4. The van der Waals surface area contributed by atoms with Crippen LogP contribution in [0.4, 0.5) is 5.69 Å². The van der Waals surface area contributed by atoms with Gasteiger partial charge in [-0.3, -0.25) is 0 Å². The molecule has 0 amide bonds. The summed E-state index contributed by atoms with van der Waals surface area (Å²) < 4.78 is 11.4. The Bertz CT molecular complexity index is 3500. The molecular weight excluding hydrogens is 779 g/mol. The Balaban J connectivity index is 0.828. The Morgan fingerprint density at radius 1 is 0.672 bits per heavy atom. The van der Waals surface area contributed by atoms with Crippen molar-refractivity contribution < 1.29 is 4.74 Å². The lowest BCUT2D eigenvalue weighted by Gasteiger charge is -2.28. The molecule has 7 aromatic carbocycles. The molecule has 2 atom stereocenters. The van der Waals surface area contributed by atoms with Crippen LogP contribution < -0.4 is 9.64 Å². The molecule has 4 heterocycles. The van der Waals surface area contributed by atoms with E-state index in [2.05, 4.69) is 221 Å². The Morgan fingerprint density at radius 2 is 1.34 bits per heavy atom. The number of ether oxygens (including phenoxy) is 1. The van der Waals surface area contributed by atoms with Gasteiger partial charge in [-0.25, -0.2) is 0 Å². The molecule has 0 spiro atoms. The van der Waals surface area contributed by atoms with E-state index in [9.17, 15) is 0 Å². The fourth-order valence-electron chi connectivity index (χ4n) is 10.8. The third-order valence-electron chi connectivity index (χ3n) is 13.8. The highest BCUT2D eigenvalue weighted by molar-refractivity contribution is 6.09. The van der Waals surface area contributed by atoms with Crippen LogP contribution in [0.2, 0.25) is 0 Å². The Hall–Kier alpha value is -8.08. The van der Waals surface area contributed by atoms with Gasteiger partial charge >= 0.3 is 0 Å². The maximum atomic E-state index is 6.52. The van der Waals surface area contributed by atoms with E-state index in [1.807, 2.05) is 12.1 Å². The van der Waals surface area contributed by atoms with Crippen LogP contribution in [0.15, 0.2) is 219 Å². The molecule has 0 fully saturated rings. The number of nitrogens with zero attached hydrogens (tertiary/aromatic N) is 3. The van der Waals surface area contributed by atoms with Gasteiger partial charge in [-0.1, -0.05) is 140 Å². The fourth-order valence-corrected chi connectivity index (χ4v) is 10.8. The lowest BCUT2D eigenvalue weighted by Crippen LogP contribution is -2.24. The van der Waals surface area contributed by atoms with Crippen LogP contribution >= 0.6 is 0 Å². The summed E-state index contributed by atoms with van der Waals surface area (Å²) in [7, 11) is 0. The van der Waals surface area contributed by atoms with Crippen molar-refractivity contribution in [1.82, 2.24) is 9.13 Å². The summed E-state index contributed by atoms with van der Waals surface area (Å²) in [5.74, 6) is 1.30. The Morgan fingerprint density at radius 3 is 2.09 bits per heavy atom. The molecule has 64 heavy (non-hydrogen) atoms. The zero-order valence-electron chi connectivity index (χ0n) is 35.2. The van der Waals surface area contributed by atoms with Gasteiger partial charge in [0.25, 0.3) is 0 Å². The minimum atomic E-state index is -0.0289. The quantitative estimate of drug-likeness (QED) is 0.142. The van der Waals surface area contributed by atoms with E-state index in [-0.39, 0.29) is 6.10 Å². The van der Waals surface area contributed by atoms with Crippen molar-refractivity contribution in [3.8, 4) is 28.3 Å². The number of hydrogen-bond acceptors (Lipinski definition) is 2. The van der Waals surface area contributed by atoms with Crippen molar-refractivity contribution in [2.24, 2.45) is 0 Å². The van der Waals surface area contributed by atoms with Crippen molar-refractivity contribution in [3.63, 3.8) is 0 Å². The fraction of sp³-hybridized carbons (Fsp3) is 0.0667. The predicted molar refractivity (Wildman–Crippen MR) is 266 cm³/mol. The van der Waals surface area contributed by atoms with Gasteiger partial charge in [0.1, 0.15) is 11.9 Å². The summed E-state index contributed by atoms with van der Waals surface area (Å²) in [4.78, 5) is 2.31. The molecule has 0 bridgehead atoms. The molecule has 4 aliphatic rings. The SMILES string of the molecule is C=CC(=CC=CN(C1=CC=C2c3ccccc3OC2C1)c1ccc(-c2ccc(-n3c4ccccc4c4ccccc43)cc2)cc1)c1ccc2c(c1)C1CC=Cc3c1n-2c1ccccc31. The minimum absolute atomic E-state index is 0.0289. The third-order valence-corrected chi connectivity index (χ3v) is 13.8. The van der Waals surface area contributed by atoms with Crippen LogP contribution in [-0.2, 0) is 0 Å². The van der Waals surface area contributed by atoms with E-state index in [1.165, 1.54) is 88.7 Å². The van der Waals surface area contributed by atoms with Gasteiger partial charge in [-0.2, -0.15) is 0 Å². The Labute approximate surface area is 372 Å². The highest BCUT2D eigenvalue weighted by Crippen LogP contribution is 2.50. The summed E-state index contributed by atoms with van der Waals surface area (Å²) in [6, 6.07) is 59.3. The molecule has 2 aromatic heterocycles. The molecule has 13 rings (SSSR count). The van der Waals surface area contributed by atoms with Crippen molar-refractivity contribution in [2.45, 2.75) is 24.9 Å². The number of benzene rings is 7. The van der Waals surface area contributed by atoms with Crippen molar-refractivity contribution >= 4 is 55.6 Å². The smallest absolute Gasteiger partial charge is 0.130 e. The van der Waals surface area contributed by atoms with Gasteiger partial charge in [-0.05, 0) is 107 Å². The number of rotatable bonds is 8. The first-order chi connectivity index (χ1) is 31.7. The summed E-state index contributed by atoms with van der Waals surface area (Å²) in [5.41, 5.74) is 19.6. The summed E-state index contributed by atoms with van der Waals surface area (Å²) >= 11 is 0. The highest BCUT2D eigenvalue weighted by Gasteiger charge is 2.35. The first-order valence-electron chi connectivity index (χ1n) is 22.3. The van der Waals surface area contributed by atoms with E-state index in [1.54, 1.807) is 0 Å². The highest BCUT2D eigenvalue weighted by atomic mass is 16.5. The second kappa shape index (κ2) is 14.5. The molecule has 0 saturated carbocycles. The van der Waals surface area contributed by atoms with E-state index >= 15 is 0 Å². The average molecular weight is 822 g/mol. The van der Waals surface area contributed by atoms with Crippen LogP contribution in [0.3, 0.4) is 0 Å². The standard InChI is InChI=1S/C60H43N3O/c1-2-39(42-28-35-57-53(37-42)52-19-11-18-51-48-16-5-9-22-56(48)63(57)60(51)52)13-12-36-61(45-33-34-50-49-17-6-10-23-58(49)64-59(50)38-45)43-29-24-40(25-30-43)41-26-31-44(32-27-41)62-54-20-7-3-14-46(54)47-15-4-8-21-55(47)62/h2-18,20-37,52,59H,1,19,38H2. The van der Waals surface area contributed by atoms with Gasteiger partial charge in [-0.15, -0.1) is 0 Å². The van der Waals surface area contributed by atoms with Crippen molar-refractivity contribution in [1.29, 1.82) is 0 Å². The molecule has 4 nitrogen and oxygen atoms in total. The molecule has 2 aliphatic carbocycles. The molecule has 0 radical (unpaired) electrons. The summed E-state index contributed by atoms with van der Waals surface area (Å²) in [5, 5.41) is 3.87. The lowest BCUT2D eigenvalue weighted by atomic mass is 9.86. The van der Waals surface area contributed by atoms with Crippen LogP contribution in [0.25, 0.3) is 72.4 Å². The molecular formula is C60H43N3O. The molecule has 9 aromatic rings. The number of allylic oxidation sites excluding steroid dienone is 7. The van der Waals surface area contributed by atoms with E-state index in [4.69, 9.17) is 4.74 Å². The molecule has 4 heteroatoms. The molecule has 2 unspecified atom stereocenters. The maximum Gasteiger partial charge on any atom is 0.130 e. The van der Waals surface area contributed by atoms with Gasteiger partial charge in [0.05, 0.1) is 16.6 Å². The third kappa shape index (κ3) is 5.62. The van der Waals surface area contributed by atoms with Gasteiger partial charge in [0, 0.05) is 79.9 Å². The van der Waals surface area contributed by atoms with Crippen LogP contribution in [0, 0.1) is 0 Å². The largest absolute Gasteiger partial charge is 0.485 e. The second-order valence-corrected chi connectivity index (χ2v) is 17.2. The number of hydrogen-bond donors (Lipinski definition) is 0. The Kier molecular flexibility index (Phi) is 8.29. The van der Waals surface area contributed by atoms with E-state index in [0.29, 0.717) is 5.92 Å². The lowest BCUT2D eigenvalue weighted by molar-refractivity contribution is 0.274. The van der Waals surface area contributed by atoms with Crippen molar-refractivity contribution in [3.05, 3.63) is 247 Å². The monoisotopic (exact) mass is 821 g/mol. The number of fused-ring (bicyclic) bond motifs is 12. The number of aromatic nitrogens is 2. The number of anilines is 1. The van der Waals surface area contributed by atoms with Crippen LogP contribution in [0.5, 0.6) is 5.75 Å². The zero-order valence-corrected chi connectivity index (χ0v) is 35.2. The average Bonchev–Trinajstić information content (AvgIpc) is 4.10. The van der Waals surface area contributed by atoms with Crippen molar-refractivity contribution in [2.75, 3.05) is 4.90 Å². The molecule has 0 saturated heterocycles. The van der Waals surface area contributed by atoms with Gasteiger partial charge in [0.15, 0.2) is 0 Å². The second-order valence-electron chi connectivity index (χ2n) is 17.2. The summed E-state index contributed by atoms with van der Waals surface area (Å²) in [6.07, 6.45) is 19.4. The van der Waals surface area contributed by atoms with Crippen LogP contribution in [-0.4, -0.2) is 15.2 Å². The first kappa shape index (κ1) is 36.6. The first-order valence-corrected chi connectivity index (χ1v) is 22.3. The van der Waals surface area contributed by atoms with E-state index in [0.717, 1.165) is 35.5 Å². The zero-order chi connectivity index (χ0) is 42.3. The topological polar surface area (TPSA) is 22.3 Å². The van der Waals surface area contributed by atoms with Gasteiger partial charge in [0.2, 0.25) is 0 Å². The van der Waals surface area contributed by atoms with Crippen LogP contribution in [0.1, 0.15) is 46.7 Å². The maximum absolute atomic E-state index is 6.52. The van der Waals surface area contributed by atoms with Gasteiger partial charge < -0.3 is 18.8 Å². The summed E-state index contributed by atoms with van der Waals surface area (Å²) in [6.45, 7) is 4.28. The molecule has 304 valence electrons. The van der Waals surface area contributed by atoms with E-state index < -0.39 is 0 Å². The normalized spacial score (nSPS) is 17.0. The molecule has 0 N–H and O–H groups in total. The molecule has 2 aliphatic heterocycles. The predicted octanol–water partition coefficient (Wildman–Crippen LogP) is 15.0. The minimum Gasteiger partial charge on any atom is -0.485 e.